The van der Waals surface area contributed by atoms with E-state index < -0.39 is 0 Å². The number of aromatic nitrogens is 4. The molecule has 0 radical (unpaired) electrons. The van der Waals surface area contributed by atoms with Gasteiger partial charge in [0.2, 0.25) is 0 Å². The lowest BCUT2D eigenvalue weighted by Gasteiger charge is -2.02. The second kappa shape index (κ2) is 3.82. The molecule has 0 saturated carbocycles. The molecule has 0 amide bonds. The summed E-state index contributed by atoms with van der Waals surface area (Å²) in [4.78, 5) is 0. The van der Waals surface area contributed by atoms with E-state index in [2.05, 4.69) is 25.7 Å². The monoisotopic (exact) mass is 229 g/mol. The number of aromatic amines is 2. The van der Waals surface area contributed by atoms with E-state index in [1.54, 1.807) is 13.3 Å². The molecule has 6 nitrogen and oxygen atoms in total. The summed E-state index contributed by atoms with van der Waals surface area (Å²) in [5.74, 6) is 2.07. The summed E-state index contributed by atoms with van der Waals surface area (Å²) >= 11 is 0. The maximum absolute atomic E-state index is 5.15. The van der Waals surface area contributed by atoms with Crippen molar-refractivity contribution in [3.8, 4) is 5.75 Å². The maximum atomic E-state index is 5.15. The van der Waals surface area contributed by atoms with Crippen LogP contribution >= 0.6 is 0 Å². The van der Waals surface area contributed by atoms with Gasteiger partial charge in [-0.1, -0.05) is 12.1 Å². The summed E-state index contributed by atoms with van der Waals surface area (Å²) in [5.41, 5.74) is 0.980. The van der Waals surface area contributed by atoms with E-state index in [1.807, 2.05) is 24.3 Å². The average molecular weight is 229 g/mol. The summed E-state index contributed by atoms with van der Waals surface area (Å²) in [6.45, 7) is 0. The zero-order valence-corrected chi connectivity index (χ0v) is 9.19. The van der Waals surface area contributed by atoms with Crippen LogP contribution in [0.5, 0.6) is 5.75 Å². The predicted octanol–water partition coefficient (Wildman–Crippen LogP) is 2.04. The number of methoxy groups -OCH3 is 1. The van der Waals surface area contributed by atoms with E-state index in [0.717, 1.165) is 16.7 Å². The van der Waals surface area contributed by atoms with E-state index in [1.165, 1.54) is 0 Å². The van der Waals surface area contributed by atoms with Crippen molar-refractivity contribution < 1.29 is 4.74 Å². The second-order valence-corrected chi connectivity index (χ2v) is 3.56. The van der Waals surface area contributed by atoms with E-state index in [-0.39, 0.29) is 0 Å². The number of H-pyrrole nitrogens is 2. The molecule has 0 atom stereocenters. The van der Waals surface area contributed by atoms with Crippen LogP contribution in [0.25, 0.3) is 10.9 Å². The molecule has 6 heteroatoms. The quantitative estimate of drug-likeness (QED) is 0.642. The summed E-state index contributed by atoms with van der Waals surface area (Å²) < 4.78 is 5.15. The Labute approximate surface area is 97.0 Å². The van der Waals surface area contributed by atoms with Gasteiger partial charge in [0.15, 0.2) is 17.4 Å². The van der Waals surface area contributed by atoms with Crippen LogP contribution in [-0.2, 0) is 0 Å². The Bertz CT molecular complexity index is 642. The molecule has 3 N–H and O–H groups in total. The molecular weight excluding hydrogens is 218 g/mol. The van der Waals surface area contributed by atoms with Crippen LogP contribution in [0, 0.1) is 0 Å². The minimum atomic E-state index is 0.650. The number of nitrogens with one attached hydrogen (secondary N) is 3. The minimum absolute atomic E-state index is 0.650. The van der Waals surface area contributed by atoms with E-state index in [0.29, 0.717) is 11.6 Å². The van der Waals surface area contributed by atoms with Gasteiger partial charge in [0.25, 0.3) is 0 Å². The van der Waals surface area contributed by atoms with Crippen molar-refractivity contribution in [2.45, 2.75) is 0 Å². The van der Waals surface area contributed by atoms with Gasteiger partial charge in [0.1, 0.15) is 0 Å². The van der Waals surface area contributed by atoms with Gasteiger partial charge in [0.05, 0.1) is 18.8 Å². The molecule has 3 aromatic rings. The zero-order valence-electron chi connectivity index (χ0n) is 9.19. The van der Waals surface area contributed by atoms with Gasteiger partial charge in [-0.3, -0.25) is 10.2 Å². The van der Waals surface area contributed by atoms with Crippen LogP contribution in [0.15, 0.2) is 30.5 Å². The summed E-state index contributed by atoms with van der Waals surface area (Å²) in [7, 11) is 1.60. The van der Waals surface area contributed by atoms with Crippen molar-refractivity contribution in [2.24, 2.45) is 0 Å². The number of hydrogen-bond donors (Lipinski definition) is 3. The molecule has 3 rings (SSSR count). The number of rotatable bonds is 3. The van der Waals surface area contributed by atoms with E-state index in [9.17, 15) is 0 Å². The third-order valence-electron chi connectivity index (χ3n) is 2.54. The van der Waals surface area contributed by atoms with Gasteiger partial charge in [-0.05, 0) is 12.1 Å². The molecule has 0 unspecified atom stereocenters. The first-order valence-electron chi connectivity index (χ1n) is 5.16. The largest absolute Gasteiger partial charge is 0.491 e. The third kappa shape index (κ3) is 1.59. The third-order valence-corrected chi connectivity index (χ3v) is 2.54. The van der Waals surface area contributed by atoms with E-state index >= 15 is 0 Å². The molecule has 0 aliphatic rings. The maximum Gasteiger partial charge on any atom is 0.181 e. The van der Waals surface area contributed by atoms with Crippen molar-refractivity contribution in [2.75, 3.05) is 12.4 Å². The van der Waals surface area contributed by atoms with Crippen LogP contribution in [0.4, 0.5) is 11.6 Å². The van der Waals surface area contributed by atoms with Gasteiger partial charge in [-0.15, -0.1) is 0 Å². The van der Waals surface area contributed by atoms with Gasteiger partial charge in [-0.25, -0.2) is 0 Å². The zero-order chi connectivity index (χ0) is 11.7. The highest BCUT2D eigenvalue weighted by Gasteiger charge is 2.09. The second-order valence-electron chi connectivity index (χ2n) is 3.56. The lowest BCUT2D eigenvalue weighted by molar-refractivity contribution is 0.417. The smallest absolute Gasteiger partial charge is 0.181 e. The predicted molar refractivity (Wildman–Crippen MR) is 64.5 cm³/mol. The Morgan fingerprint density at radius 3 is 3.00 bits per heavy atom. The molecule has 0 fully saturated rings. The lowest BCUT2D eigenvalue weighted by Crippen LogP contribution is -1.94. The summed E-state index contributed by atoms with van der Waals surface area (Å²) in [6, 6.07) is 7.88. The first-order chi connectivity index (χ1) is 8.38. The van der Waals surface area contributed by atoms with Crippen molar-refractivity contribution >= 4 is 22.5 Å². The molecule has 2 aromatic heterocycles. The first kappa shape index (κ1) is 9.71. The van der Waals surface area contributed by atoms with E-state index in [4.69, 9.17) is 4.74 Å². The Kier molecular flexibility index (Phi) is 2.18. The Morgan fingerprint density at radius 1 is 1.24 bits per heavy atom. The number of anilines is 2. The molecular formula is C11H11N5O. The van der Waals surface area contributed by atoms with Crippen LogP contribution in [0.2, 0.25) is 0 Å². The number of benzene rings is 1. The molecule has 17 heavy (non-hydrogen) atoms. The topological polar surface area (TPSA) is 78.6 Å². The SMILES string of the molecule is COc1cn[nH]c1Nc1n[nH]c2ccccc12. The van der Waals surface area contributed by atoms with Crippen molar-refractivity contribution in [3.63, 3.8) is 0 Å². The molecule has 0 aliphatic heterocycles. The molecule has 0 aliphatic carbocycles. The Morgan fingerprint density at radius 2 is 2.12 bits per heavy atom. The molecule has 0 saturated heterocycles. The molecule has 86 valence electrons. The molecule has 2 heterocycles. The number of ether oxygens (including phenoxy) is 1. The number of para-hydroxylation sites is 1. The fraction of sp³-hybridized carbons (Fsp3) is 0.0909. The summed E-state index contributed by atoms with van der Waals surface area (Å²) in [5, 5.41) is 18.0. The molecule has 1 aromatic carbocycles. The standard InChI is InChI=1S/C11H11N5O/c1-17-9-6-12-15-11(9)13-10-7-4-2-3-5-8(7)14-16-10/h2-6H,1H3,(H3,12,13,14,15,16). The molecule has 0 spiro atoms. The Hall–Kier alpha value is -2.50. The highest BCUT2D eigenvalue weighted by Crippen LogP contribution is 2.27. The summed E-state index contributed by atoms with van der Waals surface area (Å²) in [6.07, 6.45) is 1.61. The van der Waals surface area contributed by atoms with Gasteiger partial charge in [0, 0.05) is 5.39 Å². The van der Waals surface area contributed by atoms with Crippen molar-refractivity contribution in [1.29, 1.82) is 0 Å². The fourth-order valence-electron chi connectivity index (χ4n) is 1.70. The lowest BCUT2D eigenvalue weighted by atomic mass is 10.2. The van der Waals surface area contributed by atoms with Gasteiger partial charge >= 0.3 is 0 Å². The first-order valence-corrected chi connectivity index (χ1v) is 5.16. The number of nitrogens with zero attached hydrogens (tertiary/aromatic N) is 2. The highest BCUT2D eigenvalue weighted by molar-refractivity contribution is 5.91. The minimum Gasteiger partial charge on any atom is -0.491 e. The van der Waals surface area contributed by atoms with Crippen LogP contribution in [-0.4, -0.2) is 27.5 Å². The number of hydrogen-bond acceptors (Lipinski definition) is 4. The van der Waals surface area contributed by atoms with Gasteiger partial charge < -0.3 is 10.1 Å². The van der Waals surface area contributed by atoms with Gasteiger partial charge in [-0.2, -0.15) is 10.2 Å². The molecule has 0 bridgehead atoms. The van der Waals surface area contributed by atoms with Crippen molar-refractivity contribution in [1.82, 2.24) is 20.4 Å². The van der Waals surface area contributed by atoms with Crippen molar-refractivity contribution in [3.05, 3.63) is 30.5 Å². The number of fused-ring (bicyclic) bond motifs is 1. The normalized spacial score (nSPS) is 10.6. The van der Waals surface area contributed by atoms with Crippen LogP contribution in [0.1, 0.15) is 0 Å². The van der Waals surface area contributed by atoms with Crippen LogP contribution < -0.4 is 10.1 Å². The fourth-order valence-corrected chi connectivity index (χ4v) is 1.70. The van der Waals surface area contributed by atoms with Crippen LogP contribution in [0.3, 0.4) is 0 Å². The average Bonchev–Trinajstić information content (AvgIpc) is 2.97. The highest BCUT2D eigenvalue weighted by atomic mass is 16.5. The Balaban J connectivity index is 2.00.